The molecule has 1 aromatic heterocycles. The maximum absolute atomic E-state index is 11.5. The molecule has 1 amide bonds. The van der Waals surface area contributed by atoms with E-state index in [0.29, 0.717) is 5.56 Å². The molecule has 14 heavy (non-hydrogen) atoms. The predicted molar refractivity (Wildman–Crippen MR) is 55.1 cm³/mol. The number of hydrogen-bond acceptors (Lipinski definition) is 2. The van der Waals surface area contributed by atoms with Gasteiger partial charge in [-0.05, 0) is 18.2 Å². The van der Waals surface area contributed by atoms with Crippen LogP contribution in [0.25, 0.3) is 10.9 Å². The van der Waals surface area contributed by atoms with E-state index in [1.54, 1.807) is 19.3 Å². The predicted octanol–water partition coefficient (Wildman–Crippen LogP) is 1.59. The second-order valence-electron chi connectivity index (χ2n) is 2.95. The van der Waals surface area contributed by atoms with Crippen molar-refractivity contribution >= 4 is 16.8 Å². The van der Waals surface area contributed by atoms with Crippen molar-refractivity contribution in [1.29, 1.82) is 0 Å². The molecule has 0 atom stereocenters. The van der Waals surface area contributed by atoms with Crippen molar-refractivity contribution in [2.45, 2.75) is 0 Å². The zero-order valence-corrected chi connectivity index (χ0v) is 7.82. The van der Waals surface area contributed by atoms with Crippen LogP contribution >= 0.6 is 0 Å². The van der Waals surface area contributed by atoms with Crippen molar-refractivity contribution in [3.05, 3.63) is 42.1 Å². The topological polar surface area (TPSA) is 42.0 Å². The molecule has 0 aliphatic heterocycles. The van der Waals surface area contributed by atoms with Crippen LogP contribution in [0.4, 0.5) is 0 Å². The van der Waals surface area contributed by atoms with Crippen LogP contribution in [0, 0.1) is 0 Å². The first-order chi connectivity index (χ1) is 6.83. The van der Waals surface area contributed by atoms with Gasteiger partial charge >= 0.3 is 0 Å². The summed E-state index contributed by atoms with van der Waals surface area (Å²) in [4.78, 5) is 15.7. The standard InChI is InChI=1S/C11H10N2O/c1-12-11(14)9-4-2-6-10-8(9)5-3-7-13-10/h2-7H,1H3,(H,12,14). The average Bonchev–Trinajstić information content (AvgIpc) is 2.27. The van der Waals surface area contributed by atoms with E-state index in [4.69, 9.17) is 0 Å². The molecule has 0 saturated carbocycles. The van der Waals surface area contributed by atoms with Crippen LogP contribution in [0.3, 0.4) is 0 Å². The number of pyridine rings is 1. The lowest BCUT2D eigenvalue weighted by molar-refractivity contribution is 0.0964. The third-order valence-corrected chi connectivity index (χ3v) is 2.12. The summed E-state index contributed by atoms with van der Waals surface area (Å²) in [6.07, 6.45) is 1.72. The van der Waals surface area contributed by atoms with Gasteiger partial charge in [0, 0.05) is 24.2 Å². The first-order valence-corrected chi connectivity index (χ1v) is 4.39. The van der Waals surface area contributed by atoms with Gasteiger partial charge in [-0.1, -0.05) is 12.1 Å². The minimum atomic E-state index is -0.0800. The quantitative estimate of drug-likeness (QED) is 0.734. The summed E-state index contributed by atoms with van der Waals surface area (Å²) in [5.41, 5.74) is 1.51. The highest BCUT2D eigenvalue weighted by atomic mass is 16.1. The fourth-order valence-corrected chi connectivity index (χ4v) is 1.44. The minimum absolute atomic E-state index is 0.0800. The Hall–Kier alpha value is -1.90. The van der Waals surface area contributed by atoms with Crippen LogP contribution in [0.1, 0.15) is 10.4 Å². The molecule has 0 saturated heterocycles. The molecular weight excluding hydrogens is 176 g/mol. The molecule has 0 aliphatic rings. The van der Waals surface area contributed by atoms with Crippen LogP contribution in [0.5, 0.6) is 0 Å². The van der Waals surface area contributed by atoms with Gasteiger partial charge in [0.15, 0.2) is 0 Å². The number of carbonyl (C=O) groups excluding carboxylic acids is 1. The van der Waals surface area contributed by atoms with Crippen molar-refractivity contribution in [2.75, 3.05) is 7.05 Å². The molecule has 0 fully saturated rings. The third kappa shape index (κ3) is 1.33. The summed E-state index contributed by atoms with van der Waals surface area (Å²) in [7, 11) is 1.62. The zero-order chi connectivity index (χ0) is 9.97. The van der Waals surface area contributed by atoms with Gasteiger partial charge in [-0.25, -0.2) is 0 Å². The van der Waals surface area contributed by atoms with Crippen LogP contribution in [-0.2, 0) is 0 Å². The minimum Gasteiger partial charge on any atom is -0.355 e. The van der Waals surface area contributed by atoms with E-state index in [1.807, 2.05) is 24.3 Å². The smallest absolute Gasteiger partial charge is 0.251 e. The molecule has 3 nitrogen and oxygen atoms in total. The summed E-state index contributed by atoms with van der Waals surface area (Å²) in [5.74, 6) is -0.0800. The normalized spacial score (nSPS) is 10.1. The Balaban J connectivity index is 2.71. The maximum atomic E-state index is 11.5. The lowest BCUT2D eigenvalue weighted by atomic mass is 10.1. The fraction of sp³-hybridized carbons (Fsp3) is 0.0909. The Bertz CT molecular complexity index is 474. The Kier molecular flexibility index (Phi) is 2.14. The SMILES string of the molecule is CNC(=O)c1cccc2ncccc12. The van der Waals surface area contributed by atoms with E-state index in [0.717, 1.165) is 10.9 Å². The van der Waals surface area contributed by atoms with E-state index in [9.17, 15) is 4.79 Å². The Morgan fingerprint density at radius 3 is 2.93 bits per heavy atom. The van der Waals surface area contributed by atoms with Gasteiger partial charge in [-0.3, -0.25) is 9.78 Å². The molecule has 3 heteroatoms. The van der Waals surface area contributed by atoms with Crippen LogP contribution < -0.4 is 5.32 Å². The van der Waals surface area contributed by atoms with Gasteiger partial charge in [0.1, 0.15) is 0 Å². The second-order valence-corrected chi connectivity index (χ2v) is 2.95. The van der Waals surface area contributed by atoms with Crippen LogP contribution in [0.2, 0.25) is 0 Å². The highest BCUT2D eigenvalue weighted by Gasteiger charge is 2.06. The van der Waals surface area contributed by atoms with Gasteiger partial charge in [0.2, 0.25) is 0 Å². The molecule has 1 N–H and O–H groups in total. The highest BCUT2D eigenvalue weighted by molar-refractivity contribution is 6.05. The summed E-state index contributed by atoms with van der Waals surface area (Å²) < 4.78 is 0. The molecule has 2 aromatic rings. The van der Waals surface area contributed by atoms with Crippen molar-refractivity contribution < 1.29 is 4.79 Å². The molecule has 0 bridgehead atoms. The van der Waals surface area contributed by atoms with Crippen molar-refractivity contribution in [3.8, 4) is 0 Å². The number of nitrogens with zero attached hydrogens (tertiary/aromatic N) is 1. The molecule has 70 valence electrons. The Morgan fingerprint density at radius 1 is 1.29 bits per heavy atom. The molecule has 1 aromatic carbocycles. The number of benzene rings is 1. The third-order valence-electron chi connectivity index (χ3n) is 2.12. The molecular formula is C11H10N2O. The van der Waals surface area contributed by atoms with Gasteiger partial charge in [0.05, 0.1) is 5.52 Å². The van der Waals surface area contributed by atoms with E-state index < -0.39 is 0 Å². The average molecular weight is 186 g/mol. The molecule has 0 spiro atoms. The summed E-state index contributed by atoms with van der Waals surface area (Å²) >= 11 is 0. The fourth-order valence-electron chi connectivity index (χ4n) is 1.44. The number of hydrogen-bond donors (Lipinski definition) is 1. The number of rotatable bonds is 1. The van der Waals surface area contributed by atoms with E-state index in [-0.39, 0.29) is 5.91 Å². The summed E-state index contributed by atoms with van der Waals surface area (Å²) in [5, 5.41) is 3.49. The molecule has 0 radical (unpaired) electrons. The number of carbonyl (C=O) groups is 1. The monoisotopic (exact) mass is 186 g/mol. The summed E-state index contributed by atoms with van der Waals surface area (Å²) in [6, 6.07) is 9.24. The van der Waals surface area contributed by atoms with Gasteiger partial charge in [-0.15, -0.1) is 0 Å². The van der Waals surface area contributed by atoms with Crippen molar-refractivity contribution in [1.82, 2.24) is 10.3 Å². The number of nitrogens with one attached hydrogen (secondary N) is 1. The van der Waals surface area contributed by atoms with E-state index in [2.05, 4.69) is 10.3 Å². The lowest BCUT2D eigenvalue weighted by Crippen LogP contribution is -2.18. The van der Waals surface area contributed by atoms with Crippen molar-refractivity contribution in [3.63, 3.8) is 0 Å². The summed E-state index contributed by atoms with van der Waals surface area (Å²) in [6.45, 7) is 0. The Morgan fingerprint density at radius 2 is 2.14 bits per heavy atom. The molecule has 0 unspecified atom stereocenters. The molecule has 0 aliphatic carbocycles. The van der Waals surface area contributed by atoms with Crippen LogP contribution in [0.15, 0.2) is 36.5 Å². The first-order valence-electron chi connectivity index (χ1n) is 4.39. The van der Waals surface area contributed by atoms with Crippen molar-refractivity contribution in [2.24, 2.45) is 0 Å². The lowest BCUT2D eigenvalue weighted by Gasteiger charge is -2.03. The molecule has 2 rings (SSSR count). The first kappa shape index (κ1) is 8.69. The maximum Gasteiger partial charge on any atom is 0.251 e. The largest absolute Gasteiger partial charge is 0.355 e. The number of aromatic nitrogens is 1. The zero-order valence-electron chi connectivity index (χ0n) is 7.82. The second kappa shape index (κ2) is 3.46. The Labute approximate surface area is 81.8 Å². The number of amides is 1. The van der Waals surface area contributed by atoms with Gasteiger partial charge < -0.3 is 5.32 Å². The van der Waals surface area contributed by atoms with E-state index in [1.165, 1.54) is 0 Å². The van der Waals surface area contributed by atoms with E-state index >= 15 is 0 Å². The highest BCUT2D eigenvalue weighted by Crippen LogP contribution is 2.15. The van der Waals surface area contributed by atoms with Gasteiger partial charge in [-0.2, -0.15) is 0 Å². The van der Waals surface area contributed by atoms with Crippen LogP contribution in [-0.4, -0.2) is 17.9 Å². The van der Waals surface area contributed by atoms with Gasteiger partial charge in [0.25, 0.3) is 5.91 Å². The number of fused-ring (bicyclic) bond motifs is 1. The molecule has 1 heterocycles.